The van der Waals surface area contributed by atoms with Gasteiger partial charge in [-0.1, -0.05) is 57.0 Å². The molecule has 1 aliphatic rings. The summed E-state index contributed by atoms with van der Waals surface area (Å²) < 4.78 is 9.81. The van der Waals surface area contributed by atoms with Crippen LogP contribution in [0.15, 0.2) is 102 Å². The van der Waals surface area contributed by atoms with Crippen LogP contribution in [0.1, 0.15) is 5.56 Å². The van der Waals surface area contributed by atoms with Gasteiger partial charge in [0.2, 0.25) is 5.71 Å². The van der Waals surface area contributed by atoms with Crippen LogP contribution in [0.5, 0.6) is 0 Å². The Morgan fingerprint density at radius 2 is 1.68 bits per heavy atom. The third kappa shape index (κ3) is 4.78. The minimum absolute atomic E-state index is 0. The Balaban J connectivity index is 0.000000172. The molecule has 0 atom stereocenters. The van der Waals surface area contributed by atoms with Gasteiger partial charge in [-0.3, -0.25) is 0 Å². The van der Waals surface area contributed by atoms with Crippen LogP contribution in [-0.2, 0) is 20.1 Å². The molecule has 3 aromatic heterocycles. The maximum Gasteiger partial charge on any atom is 0.494 e. The molecule has 1 aliphatic heterocycles. The van der Waals surface area contributed by atoms with Crippen LogP contribution >= 0.6 is 0 Å². The van der Waals surface area contributed by atoms with Gasteiger partial charge in [0.25, 0.3) is 11.4 Å². The average molecular weight is 659 g/mol. The summed E-state index contributed by atoms with van der Waals surface area (Å²) in [6.07, 6.45) is 3.61. The second kappa shape index (κ2) is 10.4. The second-order valence-electron chi connectivity index (χ2n) is 8.52. The predicted octanol–water partition coefficient (Wildman–Crippen LogP) is 6.93. The largest absolute Gasteiger partial charge is 0.494 e. The quantitative estimate of drug-likeness (QED) is 0.150. The number of fused-ring (bicyclic) bond motifs is 4. The third-order valence-corrected chi connectivity index (χ3v) is 6.03. The molecule has 0 N–H and O–H groups in total. The fourth-order valence-corrected chi connectivity index (χ4v) is 4.22. The molecule has 3 aromatic carbocycles. The van der Waals surface area contributed by atoms with Crippen molar-refractivity contribution in [3.8, 4) is 11.3 Å². The molecule has 0 saturated carbocycles. The number of hydrogen-bond acceptors (Lipinski definition) is 3. The Bertz CT molecular complexity index is 1780. The van der Waals surface area contributed by atoms with Gasteiger partial charge < -0.3 is 9.40 Å². The van der Waals surface area contributed by atoms with E-state index in [1.54, 1.807) is 6.20 Å². The first kappa shape index (κ1) is 24.5. The van der Waals surface area contributed by atoms with Gasteiger partial charge in [0.1, 0.15) is 5.69 Å². The number of para-hydroxylation sites is 2. The monoisotopic (exact) mass is 659 g/mol. The molecule has 0 amide bonds. The Kier molecular flexibility index (Phi) is 6.89. The van der Waals surface area contributed by atoms with E-state index >= 15 is 0 Å². The fraction of sp³-hybridized carbons (Fsp3) is 0.0645. The van der Waals surface area contributed by atoms with E-state index in [0.717, 1.165) is 39.1 Å². The van der Waals surface area contributed by atoms with E-state index in [1.165, 1.54) is 5.56 Å². The van der Waals surface area contributed by atoms with Crippen LogP contribution in [0.4, 0.5) is 17.1 Å². The van der Waals surface area contributed by atoms with Crippen molar-refractivity contribution in [3.05, 3.63) is 115 Å². The van der Waals surface area contributed by atoms with Crippen LogP contribution in [0.3, 0.4) is 0 Å². The van der Waals surface area contributed by atoms with E-state index in [1.807, 2.05) is 90.0 Å². The van der Waals surface area contributed by atoms with Crippen LogP contribution < -0.4 is 4.58 Å². The first-order valence-corrected chi connectivity index (χ1v) is 11.7. The molecule has 5 nitrogen and oxygen atoms in total. The normalized spacial score (nSPS) is 11.7. The van der Waals surface area contributed by atoms with Crippen molar-refractivity contribution in [3.63, 3.8) is 0 Å². The van der Waals surface area contributed by atoms with E-state index < -0.39 is 0 Å². The van der Waals surface area contributed by atoms with E-state index in [4.69, 9.17) is 4.42 Å². The number of aryl methyl sites for hydroxylation is 1. The number of benzene rings is 3. The first-order chi connectivity index (χ1) is 17.7. The van der Waals surface area contributed by atoms with Gasteiger partial charge >= 0.3 is 6.01 Å². The summed E-state index contributed by atoms with van der Waals surface area (Å²) in [5, 5.41) is 2.04. The van der Waals surface area contributed by atoms with Gasteiger partial charge in [0.05, 0.1) is 0 Å². The van der Waals surface area contributed by atoms with Gasteiger partial charge in [-0.25, -0.2) is 4.98 Å². The van der Waals surface area contributed by atoms with Crippen molar-refractivity contribution in [1.82, 2.24) is 14.5 Å². The first-order valence-electron chi connectivity index (χ1n) is 11.7. The summed E-state index contributed by atoms with van der Waals surface area (Å²) in [7, 11) is 1.99. The molecule has 0 fully saturated rings. The summed E-state index contributed by atoms with van der Waals surface area (Å²) in [6.45, 7) is 2.03. The Morgan fingerprint density at radius 1 is 0.838 bits per heavy atom. The zero-order chi connectivity index (χ0) is 24.5. The Labute approximate surface area is 228 Å². The topological polar surface area (TPSA) is 44.9 Å². The molecule has 37 heavy (non-hydrogen) atoms. The maximum absolute atomic E-state index is 5.83. The molecule has 0 aliphatic carbocycles. The summed E-state index contributed by atoms with van der Waals surface area (Å²) in [4.78, 5) is 8.59. The Morgan fingerprint density at radius 3 is 2.46 bits per heavy atom. The fourth-order valence-electron chi connectivity index (χ4n) is 4.22. The molecule has 6 heteroatoms. The van der Waals surface area contributed by atoms with Crippen molar-refractivity contribution >= 4 is 45.1 Å². The van der Waals surface area contributed by atoms with Crippen LogP contribution in [0.2, 0.25) is 0 Å². The van der Waals surface area contributed by atoms with Crippen LogP contribution in [0.25, 0.3) is 33.3 Å². The summed E-state index contributed by atoms with van der Waals surface area (Å²) in [6, 6.07) is 38.0. The third-order valence-electron chi connectivity index (χ3n) is 6.03. The Hall–Kier alpha value is -4.21. The summed E-state index contributed by atoms with van der Waals surface area (Å²) in [5.74, 6) is 0. The SMILES string of the molecule is C[N+]1=C=[N+](c2[c-]c3oc4ncccc4c3cc2)c2ccccc21.Cc1ccc(-c2[c-]cccc2)nc1.[Ir]. The van der Waals surface area contributed by atoms with Gasteiger partial charge in [0.15, 0.2) is 7.05 Å². The molecule has 0 saturated heterocycles. The van der Waals surface area contributed by atoms with Crippen LogP contribution in [-0.4, -0.2) is 27.6 Å². The molecule has 181 valence electrons. The summed E-state index contributed by atoms with van der Waals surface area (Å²) >= 11 is 0. The van der Waals surface area contributed by atoms with Gasteiger partial charge in [-0.2, -0.15) is 6.07 Å². The molecular formula is C31H22IrN4O. The number of nitrogens with zero attached hydrogens (tertiary/aromatic N) is 4. The van der Waals surface area contributed by atoms with Gasteiger partial charge in [-0.15, -0.1) is 35.9 Å². The number of pyridine rings is 2. The molecular weight excluding hydrogens is 637 g/mol. The van der Waals surface area contributed by atoms with Crippen molar-refractivity contribution in [2.45, 2.75) is 6.92 Å². The minimum Gasteiger partial charge on any atom is -0.465 e. The molecule has 0 unspecified atom stereocenters. The molecule has 7 rings (SSSR count). The number of rotatable bonds is 2. The van der Waals surface area contributed by atoms with Crippen LogP contribution in [0, 0.1) is 19.1 Å². The maximum atomic E-state index is 5.83. The second-order valence-corrected chi connectivity index (χ2v) is 8.52. The van der Waals surface area contributed by atoms with Gasteiger partial charge in [-0.05, 0) is 29.6 Å². The molecule has 6 aromatic rings. The number of aromatic nitrogens is 2. The van der Waals surface area contributed by atoms with E-state index in [2.05, 4.69) is 52.4 Å². The standard InChI is InChI=1S/C19H12N3O.C12H10N.Ir/c1-21-12-22(17-7-3-2-6-16(17)21)13-8-9-14-15-5-4-10-20-19(15)23-18(14)11-13;1-10-7-8-12(13-9-10)11-5-3-2-4-6-11;/h2-10H,1H3;2-5,7-9H,1H3;/q+1;-1;. The average Bonchev–Trinajstić information content (AvgIpc) is 3.47. The van der Waals surface area contributed by atoms with E-state index in [9.17, 15) is 0 Å². The van der Waals surface area contributed by atoms with Crippen molar-refractivity contribution in [2.75, 3.05) is 7.05 Å². The zero-order valence-electron chi connectivity index (χ0n) is 20.3. The number of furan rings is 1. The summed E-state index contributed by atoms with van der Waals surface area (Å²) in [5.41, 5.74) is 7.65. The zero-order valence-corrected chi connectivity index (χ0v) is 22.7. The molecule has 1 radical (unpaired) electrons. The van der Waals surface area contributed by atoms with Crippen molar-refractivity contribution in [1.29, 1.82) is 0 Å². The molecule has 0 bridgehead atoms. The predicted molar refractivity (Wildman–Crippen MR) is 142 cm³/mol. The molecule has 0 spiro atoms. The van der Waals surface area contributed by atoms with Gasteiger partial charge in [0, 0.05) is 50.2 Å². The minimum atomic E-state index is 0. The van der Waals surface area contributed by atoms with E-state index in [0.29, 0.717) is 11.3 Å². The molecule has 4 heterocycles. The van der Waals surface area contributed by atoms with Crippen molar-refractivity contribution in [2.24, 2.45) is 0 Å². The smallest absolute Gasteiger partial charge is 0.465 e. The van der Waals surface area contributed by atoms with Crippen molar-refractivity contribution < 1.29 is 29.1 Å². The number of hydrogen-bond donors (Lipinski definition) is 0. The van der Waals surface area contributed by atoms with E-state index in [-0.39, 0.29) is 20.1 Å².